The number of hydrogen-bond acceptors (Lipinski definition) is 0. The molecule has 0 aromatic heterocycles. The maximum atomic E-state index is 2.40. The summed E-state index contributed by atoms with van der Waals surface area (Å²) in [4.78, 5) is 0. The molecular formula is C70H46. The Hall–Kier alpha value is -9.10. The molecule has 0 bridgehead atoms. The third-order valence-electron chi connectivity index (χ3n) is 14.2. The van der Waals surface area contributed by atoms with Crippen molar-refractivity contribution in [1.82, 2.24) is 0 Å². The van der Waals surface area contributed by atoms with Crippen LogP contribution in [-0.2, 0) is 0 Å². The van der Waals surface area contributed by atoms with E-state index < -0.39 is 0 Å². The Kier molecular flexibility index (Phi) is 10.3. The molecule has 13 rings (SSSR count). The van der Waals surface area contributed by atoms with Crippen molar-refractivity contribution in [2.75, 3.05) is 0 Å². The summed E-state index contributed by atoms with van der Waals surface area (Å²) in [6, 6.07) is 103. The van der Waals surface area contributed by atoms with E-state index in [1.165, 1.54) is 132 Å². The highest BCUT2D eigenvalue weighted by atomic mass is 14.2. The lowest BCUT2D eigenvalue weighted by Crippen LogP contribution is -1.93. The maximum Gasteiger partial charge on any atom is -0.00201 e. The van der Waals surface area contributed by atoms with Gasteiger partial charge in [0.2, 0.25) is 0 Å². The first-order valence-corrected chi connectivity index (χ1v) is 24.2. The Bertz CT molecular complexity index is 3920. The summed E-state index contributed by atoms with van der Waals surface area (Å²) >= 11 is 0. The Morgan fingerprint density at radius 2 is 0.386 bits per heavy atom. The molecular weight excluding hydrogens is 841 g/mol. The van der Waals surface area contributed by atoms with Crippen LogP contribution in [-0.4, -0.2) is 0 Å². The smallest absolute Gasteiger partial charge is 0.00201 e. The van der Waals surface area contributed by atoms with Gasteiger partial charge >= 0.3 is 0 Å². The third kappa shape index (κ3) is 7.17. The lowest BCUT2D eigenvalue weighted by Gasteiger charge is -2.20. The third-order valence-corrected chi connectivity index (χ3v) is 14.2. The number of hydrogen-bond donors (Lipinski definition) is 0. The van der Waals surface area contributed by atoms with Crippen molar-refractivity contribution in [2.45, 2.75) is 0 Å². The predicted molar refractivity (Wildman–Crippen MR) is 300 cm³/mol. The molecule has 13 aromatic rings. The first kappa shape index (κ1) is 41.1. The van der Waals surface area contributed by atoms with Crippen LogP contribution in [0.1, 0.15) is 0 Å². The van der Waals surface area contributed by atoms with Gasteiger partial charge in [0.15, 0.2) is 0 Å². The summed E-state index contributed by atoms with van der Waals surface area (Å²) in [5.41, 5.74) is 19.5. The van der Waals surface area contributed by atoms with E-state index in [4.69, 9.17) is 0 Å². The van der Waals surface area contributed by atoms with Gasteiger partial charge in [0.25, 0.3) is 0 Å². The van der Waals surface area contributed by atoms with Crippen LogP contribution in [0, 0.1) is 0 Å². The van der Waals surface area contributed by atoms with Gasteiger partial charge in [-0.2, -0.15) is 0 Å². The first-order valence-electron chi connectivity index (χ1n) is 24.2. The number of rotatable bonds is 8. The minimum absolute atomic E-state index is 1.18. The summed E-state index contributed by atoms with van der Waals surface area (Å²) in [5, 5.41) is 9.93. The molecule has 13 aromatic carbocycles. The molecule has 326 valence electrons. The minimum Gasteiger partial charge on any atom is -0.0622 e. The molecule has 0 saturated carbocycles. The van der Waals surface area contributed by atoms with Crippen molar-refractivity contribution < 1.29 is 0 Å². The van der Waals surface area contributed by atoms with E-state index in [2.05, 4.69) is 279 Å². The molecule has 0 aliphatic carbocycles. The molecule has 0 heteroatoms. The quantitative estimate of drug-likeness (QED) is 0.133. The maximum absolute atomic E-state index is 2.40. The van der Waals surface area contributed by atoms with Gasteiger partial charge in [0, 0.05) is 0 Å². The van der Waals surface area contributed by atoms with Gasteiger partial charge in [-0.05, 0) is 162 Å². The zero-order valence-electron chi connectivity index (χ0n) is 38.6. The highest BCUT2D eigenvalue weighted by Crippen LogP contribution is 2.48. The Morgan fingerprint density at radius 3 is 0.786 bits per heavy atom. The van der Waals surface area contributed by atoms with E-state index in [0.29, 0.717) is 0 Å². The summed E-state index contributed by atoms with van der Waals surface area (Å²) in [6.07, 6.45) is 0. The second kappa shape index (κ2) is 17.5. The van der Waals surface area contributed by atoms with E-state index in [1.54, 1.807) is 0 Å². The number of benzene rings is 13. The van der Waals surface area contributed by atoms with Crippen LogP contribution in [0.3, 0.4) is 0 Å². The lowest BCUT2D eigenvalue weighted by molar-refractivity contribution is 1.58. The molecule has 0 amide bonds. The molecule has 0 atom stereocenters. The largest absolute Gasteiger partial charge is 0.0622 e. The molecule has 0 radical (unpaired) electrons. The van der Waals surface area contributed by atoms with Crippen molar-refractivity contribution in [2.24, 2.45) is 0 Å². The van der Waals surface area contributed by atoms with Crippen LogP contribution >= 0.6 is 0 Å². The average molecular weight is 887 g/mol. The molecule has 0 aliphatic rings. The monoisotopic (exact) mass is 886 g/mol. The van der Waals surface area contributed by atoms with Crippen LogP contribution in [0.2, 0.25) is 0 Å². The fraction of sp³-hybridized carbons (Fsp3) is 0. The van der Waals surface area contributed by atoms with Crippen LogP contribution in [0.4, 0.5) is 0 Å². The van der Waals surface area contributed by atoms with Gasteiger partial charge in [-0.3, -0.25) is 0 Å². The molecule has 0 N–H and O–H groups in total. The molecule has 70 heavy (non-hydrogen) atoms. The SMILES string of the molecule is c1ccc(-c2cc(-c3ccccc3)cc(-c3c4ccccc4c(-c4cccc(-c5cccc(-c6c7ccccc7c(-c7ccccc7-c7ccccc7)c7ccccc67)c5)c4)c4ccccc34)c2)cc1. The predicted octanol–water partition coefficient (Wildman–Crippen LogP) is 19.6. The highest BCUT2D eigenvalue weighted by Gasteiger charge is 2.21. The van der Waals surface area contributed by atoms with Crippen LogP contribution < -0.4 is 0 Å². The van der Waals surface area contributed by atoms with Crippen LogP contribution in [0.25, 0.3) is 132 Å². The molecule has 0 saturated heterocycles. The molecule has 0 aliphatic heterocycles. The topological polar surface area (TPSA) is 0 Å². The standard InChI is InChI=1S/C70H46/c1-4-22-47(23-5-1)54-44-55(48-24-6-2-7-25-48)46-56(45-54)69-61-36-14-12-34-59(61)67(60-35-13-15-37-62(60)69)52-30-20-28-50(42-52)51-29-21-31-53(43-51)68-63-38-16-18-40-65(63)70(66-41-19-17-39-64(66)68)58-33-11-10-32-57(58)49-26-8-3-9-27-49/h1-46H. The molecule has 0 unspecified atom stereocenters. The summed E-state index contributed by atoms with van der Waals surface area (Å²) in [7, 11) is 0. The molecule has 0 fully saturated rings. The zero-order valence-corrected chi connectivity index (χ0v) is 38.6. The average Bonchev–Trinajstić information content (AvgIpc) is 3.44. The van der Waals surface area contributed by atoms with Crippen molar-refractivity contribution >= 4 is 43.1 Å². The fourth-order valence-corrected chi connectivity index (χ4v) is 11.1. The summed E-state index contributed by atoms with van der Waals surface area (Å²) < 4.78 is 0. The van der Waals surface area contributed by atoms with Gasteiger partial charge in [-0.25, -0.2) is 0 Å². The van der Waals surface area contributed by atoms with E-state index in [0.717, 1.165) is 0 Å². The van der Waals surface area contributed by atoms with Gasteiger partial charge in [-0.1, -0.05) is 249 Å². The first-order chi connectivity index (χ1) is 34.7. The Balaban J connectivity index is 0.971. The molecule has 0 heterocycles. The highest BCUT2D eigenvalue weighted by molar-refractivity contribution is 6.23. The normalized spacial score (nSPS) is 11.4. The van der Waals surface area contributed by atoms with E-state index in [1.807, 2.05) is 0 Å². The summed E-state index contributed by atoms with van der Waals surface area (Å²) in [6.45, 7) is 0. The van der Waals surface area contributed by atoms with Crippen molar-refractivity contribution in [3.05, 3.63) is 279 Å². The molecule has 0 nitrogen and oxygen atoms in total. The molecule has 0 spiro atoms. The van der Waals surface area contributed by atoms with Gasteiger partial charge < -0.3 is 0 Å². The minimum atomic E-state index is 1.18. The van der Waals surface area contributed by atoms with E-state index in [-0.39, 0.29) is 0 Å². The van der Waals surface area contributed by atoms with Gasteiger partial charge in [-0.15, -0.1) is 0 Å². The fourth-order valence-electron chi connectivity index (χ4n) is 11.1. The second-order valence-corrected chi connectivity index (χ2v) is 18.3. The van der Waals surface area contributed by atoms with Gasteiger partial charge in [0.05, 0.1) is 0 Å². The van der Waals surface area contributed by atoms with Gasteiger partial charge in [0.1, 0.15) is 0 Å². The Labute approximate surface area is 409 Å². The lowest BCUT2D eigenvalue weighted by atomic mass is 9.83. The van der Waals surface area contributed by atoms with Crippen molar-refractivity contribution in [3.8, 4) is 89.0 Å². The second-order valence-electron chi connectivity index (χ2n) is 18.3. The van der Waals surface area contributed by atoms with Crippen molar-refractivity contribution in [1.29, 1.82) is 0 Å². The van der Waals surface area contributed by atoms with E-state index >= 15 is 0 Å². The Morgan fingerprint density at radius 1 is 0.129 bits per heavy atom. The van der Waals surface area contributed by atoms with Crippen molar-refractivity contribution in [3.63, 3.8) is 0 Å². The van der Waals surface area contributed by atoms with Crippen LogP contribution in [0.15, 0.2) is 279 Å². The number of fused-ring (bicyclic) bond motifs is 4. The summed E-state index contributed by atoms with van der Waals surface area (Å²) in [5.74, 6) is 0. The van der Waals surface area contributed by atoms with E-state index in [9.17, 15) is 0 Å². The van der Waals surface area contributed by atoms with Crippen LogP contribution in [0.5, 0.6) is 0 Å². The zero-order chi connectivity index (χ0) is 46.4.